The second kappa shape index (κ2) is 12.0. The van der Waals surface area contributed by atoms with E-state index >= 15 is 4.39 Å². The molecule has 3 aromatic carbocycles. The summed E-state index contributed by atoms with van der Waals surface area (Å²) in [6.45, 7) is 0.383. The number of aromatic nitrogens is 2. The number of ether oxygens (including phenoxy) is 2. The van der Waals surface area contributed by atoms with E-state index in [1.54, 1.807) is 41.4 Å². The van der Waals surface area contributed by atoms with E-state index in [0.717, 1.165) is 11.1 Å². The highest BCUT2D eigenvalue weighted by atomic mass is 35.5. The molecule has 0 saturated carbocycles. The molecule has 44 heavy (non-hydrogen) atoms. The number of nitrogens with zero attached hydrogens (tertiary/aromatic N) is 2. The highest BCUT2D eigenvalue weighted by Gasteiger charge is 2.49. The van der Waals surface area contributed by atoms with Crippen LogP contribution >= 0.6 is 11.6 Å². The van der Waals surface area contributed by atoms with Crippen molar-refractivity contribution >= 4 is 41.1 Å². The maximum Gasteiger partial charge on any atom is 0.412 e. The summed E-state index contributed by atoms with van der Waals surface area (Å²) in [5.74, 6) is -0.997. The minimum absolute atomic E-state index is 0.0234. The number of hydrogen-bond donors (Lipinski definition) is 3. The molecule has 0 bridgehead atoms. The van der Waals surface area contributed by atoms with Gasteiger partial charge in [0.2, 0.25) is 5.91 Å². The van der Waals surface area contributed by atoms with Gasteiger partial charge in [-0.1, -0.05) is 41.9 Å². The zero-order valence-electron chi connectivity index (χ0n) is 23.7. The molecule has 1 fully saturated rings. The van der Waals surface area contributed by atoms with E-state index in [4.69, 9.17) is 16.3 Å². The molecule has 3 heterocycles. The fourth-order valence-electron chi connectivity index (χ4n) is 5.90. The Kier molecular flexibility index (Phi) is 7.96. The zero-order valence-corrected chi connectivity index (χ0v) is 24.5. The van der Waals surface area contributed by atoms with Crippen LogP contribution in [-0.2, 0) is 26.3 Å². The first-order chi connectivity index (χ1) is 21.3. The van der Waals surface area contributed by atoms with Crippen molar-refractivity contribution in [3.63, 3.8) is 0 Å². The van der Waals surface area contributed by atoms with Gasteiger partial charge in [0.25, 0.3) is 0 Å². The van der Waals surface area contributed by atoms with Crippen LogP contribution in [0.3, 0.4) is 0 Å². The number of likely N-dealkylation sites (tertiary alicyclic amines) is 1. The van der Waals surface area contributed by atoms with Crippen LogP contribution < -0.4 is 10.6 Å². The van der Waals surface area contributed by atoms with E-state index in [0.29, 0.717) is 43.0 Å². The third-order valence-corrected chi connectivity index (χ3v) is 8.28. The van der Waals surface area contributed by atoms with Crippen molar-refractivity contribution in [1.82, 2.24) is 14.9 Å². The van der Waals surface area contributed by atoms with Crippen LogP contribution in [0.4, 0.5) is 25.4 Å². The van der Waals surface area contributed by atoms with Gasteiger partial charge in [-0.15, -0.1) is 0 Å². The highest BCUT2D eigenvalue weighted by Crippen LogP contribution is 2.45. The molecule has 2 aliphatic heterocycles. The standard InChI is InChI=1S/C32H29ClFN5O5/c1-43-30(41)36-21-10-8-20(9-11-21)28-35-17-25(37-28)22(16-19-6-3-2-4-7-19)29(40)39-15-5-14-32(18-39)26-24(38-31(42)44-32)13-12-23(33)27(26)34/h2-4,6-13,17,22H,5,14-16,18H2,1H3,(H,35,37)(H,36,41)(H,38,42)/t22?,32-/m0/s1. The Bertz CT molecular complexity index is 1710. The fourth-order valence-corrected chi connectivity index (χ4v) is 6.06. The molecule has 226 valence electrons. The van der Waals surface area contributed by atoms with E-state index in [9.17, 15) is 14.4 Å². The number of halogens is 2. The minimum Gasteiger partial charge on any atom is -0.453 e. The summed E-state index contributed by atoms with van der Waals surface area (Å²) in [5, 5.41) is 5.07. The SMILES string of the molecule is COC(=O)Nc1ccc(-c2ncc(C(Cc3ccccc3)C(=O)N3CCC[C@@]4(C3)OC(=O)Nc3ccc(Cl)c(F)c34)[nH]2)cc1. The van der Waals surface area contributed by atoms with Crippen molar-refractivity contribution in [2.75, 3.05) is 30.8 Å². The number of carbonyl (C=O) groups is 3. The summed E-state index contributed by atoms with van der Waals surface area (Å²) in [5.41, 5.74) is 1.91. The van der Waals surface area contributed by atoms with Crippen molar-refractivity contribution in [2.45, 2.75) is 30.8 Å². The number of fused-ring (bicyclic) bond motifs is 2. The molecular weight excluding hydrogens is 589 g/mol. The molecule has 0 aliphatic carbocycles. The van der Waals surface area contributed by atoms with Gasteiger partial charge in [0.1, 0.15) is 5.82 Å². The number of rotatable bonds is 6. The van der Waals surface area contributed by atoms with Gasteiger partial charge < -0.3 is 19.4 Å². The molecule has 2 atom stereocenters. The largest absolute Gasteiger partial charge is 0.453 e. The van der Waals surface area contributed by atoms with Gasteiger partial charge in [0.15, 0.2) is 11.4 Å². The molecule has 4 aromatic rings. The lowest BCUT2D eigenvalue weighted by Gasteiger charge is -2.45. The molecule has 3 amide bonds. The Morgan fingerprint density at radius 3 is 2.68 bits per heavy atom. The van der Waals surface area contributed by atoms with E-state index in [2.05, 4.69) is 25.3 Å². The van der Waals surface area contributed by atoms with Crippen LogP contribution in [-0.4, -0.2) is 53.2 Å². The molecule has 1 aromatic heterocycles. The molecule has 10 nitrogen and oxygen atoms in total. The minimum atomic E-state index is -1.38. The number of nitrogens with one attached hydrogen (secondary N) is 3. The second-order valence-electron chi connectivity index (χ2n) is 10.8. The fraction of sp³-hybridized carbons (Fsp3) is 0.250. The maximum atomic E-state index is 15.4. The first-order valence-corrected chi connectivity index (χ1v) is 14.5. The third-order valence-electron chi connectivity index (χ3n) is 7.98. The molecular formula is C32H29ClFN5O5. The summed E-state index contributed by atoms with van der Waals surface area (Å²) in [6.07, 6.45) is 1.56. The number of amides is 3. The number of anilines is 2. The quantitative estimate of drug-likeness (QED) is 0.228. The van der Waals surface area contributed by atoms with Gasteiger partial charge in [-0.25, -0.2) is 19.0 Å². The first kappa shape index (κ1) is 29.2. The topological polar surface area (TPSA) is 126 Å². The smallest absolute Gasteiger partial charge is 0.412 e. The normalized spacial score (nSPS) is 18.2. The van der Waals surface area contributed by atoms with E-state index < -0.39 is 29.5 Å². The van der Waals surface area contributed by atoms with Gasteiger partial charge in [0.05, 0.1) is 35.8 Å². The summed E-state index contributed by atoms with van der Waals surface area (Å²) < 4.78 is 25.8. The molecule has 1 unspecified atom stereocenters. The van der Waals surface area contributed by atoms with Crippen molar-refractivity contribution < 1.29 is 28.2 Å². The number of benzene rings is 3. The lowest BCUT2D eigenvalue weighted by atomic mass is 9.82. The van der Waals surface area contributed by atoms with E-state index in [1.165, 1.54) is 13.2 Å². The van der Waals surface area contributed by atoms with Crippen LogP contribution in [0.5, 0.6) is 0 Å². The van der Waals surface area contributed by atoms with Crippen LogP contribution in [0.2, 0.25) is 5.02 Å². The monoisotopic (exact) mass is 617 g/mol. The lowest BCUT2D eigenvalue weighted by Crippen LogP contribution is -2.54. The Morgan fingerprint density at radius 2 is 1.93 bits per heavy atom. The number of piperidine rings is 1. The van der Waals surface area contributed by atoms with Crippen molar-refractivity contribution in [1.29, 1.82) is 0 Å². The Labute approximate surface area is 257 Å². The van der Waals surface area contributed by atoms with Crippen molar-refractivity contribution in [2.24, 2.45) is 0 Å². The molecule has 3 N–H and O–H groups in total. The van der Waals surface area contributed by atoms with E-state index in [-0.39, 0.29) is 28.7 Å². The van der Waals surface area contributed by atoms with Gasteiger partial charge in [-0.3, -0.25) is 15.4 Å². The van der Waals surface area contributed by atoms with Crippen LogP contribution in [0.25, 0.3) is 11.4 Å². The first-order valence-electron chi connectivity index (χ1n) is 14.1. The van der Waals surface area contributed by atoms with Crippen molar-refractivity contribution in [3.8, 4) is 11.4 Å². The zero-order chi connectivity index (χ0) is 30.8. The number of methoxy groups -OCH3 is 1. The number of imidazole rings is 1. The predicted molar refractivity (Wildman–Crippen MR) is 162 cm³/mol. The Morgan fingerprint density at radius 1 is 1.16 bits per heavy atom. The highest BCUT2D eigenvalue weighted by molar-refractivity contribution is 6.31. The van der Waals surface area contributed by atoms with Gasteiger partial charge in [-0.2, -0.15) is 0 Å². The van der Waals surface area contributed by atoms with Gasteiger partial charge in [0, 0.05) is 29.7 Å². The summed E-state index contributed by atoms with van der Waals surface area (Å²) in [6, 6.07) is 19.6. The van der Waals surface area contributed by atoms with Gasteiger partial charge >= 0.3 is 12.2 Å². The average molecular weight is 618 g/mol. The summed E-state index contributed by atoms with van der Waals surface area (Å²) in [7, 11) is 1.29. The average Bonchev–Trinajstić information content (AvgIpc) is 3.52. The maximum absolute atomic E-state index is 15.4. The number of H-pyrrole nitrogens is 1. The lowest BCUT2D eigenvalue weighted by molar-refractivity contribution is -0.141. The number of carbonyl (C=O) groups excluding carboxylic acids is 3. The van der Waals surface area contributed by atoms with Crippen LogP contribution in [0.15, 0.2) is 72.9 Å². The van der Waals surface area contributed by atoms with Crippen LogP contribution in [0, 0.1) is 5.82 Å². The Hall–Kier alpha value is -4.90. The van der Waals surface area contributed by atoms with E-state index in [1.807, 2.05) is 30.3 Å². The number of hydrogen-bond acceptors (Lipinski definition) is 6. The molecule has 1 spiro atoms. The second-order valence-corrected chi connectivity index (χ2v) is 11.2. The molecule has 2 aliphatic rings. The molecule has 0 radical (unpaired) electrons. The summed E-state index contributed by atoms with van der Waals surface area (Å²) in [4.78, 5) is 47.9. The van der Waals surface area contributed by atoms with Crippen LogP contribution in [0.1, 0.15) is 35.6 Å². The molecule has 6 rings (SSSR count). The molecule has 1 saturated heterocycles. The molecule has 12 heteroatoms. The number of aromatic amines is 1. The van der Waals surface area contributed by atoms with Crippen molar-refractivity contribution in [3.05, 3.63) is 101 Å². The van der Waals surface area contributed by atoms with Gasteiger partial charge in [-0.05, 0) is 61.2 Å². The predicted octanol–water partition coefficient (Wildman–Crippen LogP) is 6.45. The summed E-state index contributed by atoms with van der Waals surface area (Å²) >= 11 is 6.14. The third kappa shape index (κ3) is 5.70. The Balaban J connectivity index is 1.31.